The molecular formula is C28H21FN2O4S. The van der Waals surface area contributed by atoms with Gasteiger partial charge >= 0.3 is 5.91 Å². The summed E-state index contributed by atoms with van der Waals surface area (Å²) in [4.78, 5) is 31.5. The second-order valence-electron chi connectivity index (χ2n) is 8.34. The molecule has 180 valence electrons. The lowest BCUT2D eigenvalue weighted by atomic mass is 9.95. The molecule has 0 saturated carbocycles. The number of Topliss-reactive ketones (excluding diaryl/α,β-unsaturated/α-hetero) is 1. The number of aryl methyl sites for hydroxylation is 1. The minimum atomic E-state index is -0.950. The Hall–Kier alpha value is -4.30. The molecule has 36 heavy (non-hydrogen) atoms. The molecule has 1 fully saturated rings. The van der Waals surface area contributed by atoms with E-state index in [1.165, 1.54) is 46.7 Å². The molecule has 1 saturated heterocycles. The Bertz CT molecular complexity index is 1450. The van der Waals surface area contributed by atoms with Gasteiger partial charge in [0.15, 0.2) is 5.13 Å². The number of halogens is 1. The average molecular weight is 501 g/mol. The maximum Gasteiger partial charge on any atom is 0.301 e. The van der Waals surface area contributed by atoms with E-state index < -0.39 is 23.5 Å². The van der Waals surface area contributed by atoms with E-state index in [9.17, 15) is 19.1 Å². The number of hydrogen-bond acceptors (Lipinski definition) is 6. The standard InChI is InChI=1S/C28H21FN2O4S/c1-17-3-2-4-18(15-17)16-35-22-11-7-20(8-12-22)25(32)23-24(19-5-9-21(29)10-6-19)31(27(34)26(23)33)28-30-13-14-36-28/h2-15,24,32H,16H2,1H3. The second kappa shape index (κ2) is 9.75. The number of thiazole rings is 1. The van der Waals surface area contributed by atoms with Crippen molar-refractivity contribution in [2.45, 2.75) is 19.6 Å². The Morgan fingerprint density at radius 3 is 2.50 bits per heavy atom. The Morgan fingerprint density at radius 1 is 1.08 bits per heavy atom. The van der Waals surface area contributed by atoms with Crippen LogP contribution < -0.4 is 9.64 Å². The minimum absolute atomic E-state index is 0.0877. The van der Waals surface area contributed by atoms with Crippen LogP contribution in [-0.2, 0) is 16.2 Å². The highest BCUT2D eigenvalue weighted by Gasteiger charge is 2.47. The molecule has 5 rings (SSSR count). The van der Waals surface area contributed by atoms with Gasteiger partial charge in [-0.25, -0.2) is 9.37 Å². The van der Waals surface area contributed by atoms with E-state index in [-0.39, 0.29) is 11.3 Å². The first kappa shape index (κ1) is 23.4. The lowest BCUT2D eigenvalue weighted by Crippen LogP contribution is -2.29. The number of aromatic nitrogens is 1. The third kappa shape index (κ3) is 4.50. The maximum atomic E-state index is 13.6. The molecule has 8 heteroatoms. The summed E-state index contributed by atoms with van der Waals surface area (Å²) in [5.41, 5.74) is 2.91. The molecule has 3 aromatic carbocycles. The Labute approximate surface area is 210 Å². The van der Waals surface area contributed by atoms with Crippen molar-refractivity contribution < 1.29 is 23.8 Å². The highest BCUT2D eigenvalue weighted by Crippen LogP contribution is 2.42. The first-order valence-corrected chi connectivity index (χ1v) is 12.0. The first-order valence-electron chi connectivity index (χ1n) is 11.2. The lowest BCUT2D eigenvalue weighted by molar-refractivity contribution is -0.132. The van der Waals surface area contributed by atoms with E-state index in [0.717, 1.165) is 11.1 Å². The van der Waals surface area contributed by atoms with Crippen molar-refractivity contribution in [1.29, 1.82) is 0 Å². The normalized spacial score (nSPS) is 16.9. The number of carbonyl (C=O) groups is 2. The number of aliphatic hydroxyl groups is 1. The summed E-state index contributed by atoms with van der Waals surface area (Å²) < 4.78 is 19.5. The van der Waals surface area contributed by atoms with Crippen LogP contribution in [0.3, 0.4) is 0 Å². The first-order chi connectivity index (χ1) is 17.4. The summed E-state index contributed by atoms with van der Waals surface area (Å²) in [6, 6.07) is 19.1. The van der Waals surface area contributed by atoms with Crippen LogP contribution in [0, 0.1) is 12.7 Å². The highest BCUT2D eigenvalue weighted by molar-refractivity contribution is 7.14. The van der Waals surface area contributed by atoms with Crippen LogP contribution in [0.1, 0.15) is 28.3 Å². The predicted molar refractivity (Wildman–Crippen MR) is 135 cm³/mol. The average Bonchev–Trinajstić information content (AvgIpc) is 3.50. The zero-order valence-corrected chi connectivity index (χ0v) is 20.0. The zero-order valence-electron chi connectivity index (χ0n) is 19.2. The number of carbonyl (C=O) groups excluding carboxylic acids is 2. The number of amides is 1. The number of aliphatic hydroxyl groups excluding tert-OH is 1. The number of hydrogen-bond donors (Lipinski definition) is 1. The lowest BCUT2D eigenvalue weighted by Gasteiger charge is -2.23. The fraction of sp³-hybridized carbons (Fsp3) is 0.107. The van der Waals surface area contributed by atoms with Crippen LogP contribution in [0.5, 0.6) is 5.75 Å². The molecule has 1 aliphatic heterocycles. The van der Waals surface area contributed by atoms with Gasteiger partial charge in [-0.2, -0.15) is 0 Å². The topological polar surface area (TPSA) is 79.7 Å². The van der Waals surface area contributed by atoms with Gasteiger partial charge in [-0.05, 0) is 54.4 Å². The molecule has 1 unspecified atom stereocenters. The summed E-state index contributed by atoms with van der Waals surface area (Å²) in [6.45, 7) is 2.40. The van der Waals surface area contributed by atoms with Crippen molar-refractivity contribution in [3.8, 4) is 5.75 Å². The molecule has 1 aromatic heterocycles. The molecule has 1 atom stereocenters. The van der Waals surface area contributed by atoms with Crippen molar-refractivity contribution in [2.75, 3.05) is 4.90 Å². The third-order valence-electron chi connectivity index (χ3n) is 5.87. The van der Waals surface area contributed by atoms with E-state index in [2.05, 4.69) is 4.98 Å². The quantitative estimate of drug-likeness (QED) is 0.206. The second-order valence-corrected chi connectivity index (χ2v) is 9.21. The number of ether oxygens (including phenoxy) is 1. The van der Waals surface area contributed by atoms with Gasteiger partial charge in [0, 0.05) is 17.1 Å². The van der Waals surface area contributed by atoms with E-state index in [1.807, 2.05) is 31.2 Å². The largest absolute Gasteiger partial charge is 0.507 e. The Kier molecular flexibility index (Phi) is 6.35. The fourth-order valence-electron chi connectivity index (χ4n) is 4.16. The van der Waals surface area contributed by atoms with Crippen LogP contribution in [-0.4, -0.2) is 21.8 Å². The van der Waals surface area contributed by atoms with E-state index in [4.69, 9.17) is 4.74 Å². The van der Waals surface area contributed by atoms with Crippen LogP contribution in [0.4, 0.5) is 9.52 Å². The molecule has 1 N–H and O–H groups in total. The van der Waals surface area contributed by atoms with Gasteiger partial charge < -0.3 is 9.84 Å². The summed E-state index contributed by atoms with van der Waals surface area (Å²) in [5, 5.41) is 13.2. The Balaban J connectivity index is 1.48. The smallest absolute Gasteiger partial charge is 0.301 e. The van der Waals surface area contributed by atoms with Crippen molar-refractivity contribution in [1.82, 2.24) is 4.98 Å². The fourth-order valence-corrected chi connectivity index (χ4v) is 4.83. The van der Waals surface area contributed by atoms with Crippen LogP contribution in [0.15, 0.2) is 89.9 Å². The van der Waals surface area contributed by atoms with Gasteiger partial charge in [-0.3, -0.25) is 14.5 Å². The predicted octanol–water partition coefficient (Wildman–Crippen LogP) is 5.80. The van der Waals surface area contributed by atoms with Crippen molar-refractivity contribution in [3.05, 3.63) is 118 Å². The van der Waals surface area contributed by atoms with Gasteiger partial charge in [0.2, 0.25) is 0 Å². The third-order valence-corrected chi connectivity index (χ3v) is 6.64. The molecule has 2 heterocycles. The van der Waals surface area contributed by atoms with Gasteiger partial charge in [0.05, 0.1) is 11.6 Å². The summed E-state index contributed by atoms with van der Waals surface area (Å²) in [7, 11) is 0. The van der Waals surface area contributed by atoms with Crippen LogP contribution in [0.2, 0.25) is 0 Å². The molecule has 0 bridgehead atoms. The van der Waals surface area contributed by atoms with Gasteiger partial charge in [0.1, 0.15) is 23.9 Å². The zero-order chi connectivity index (χ0) is 25.2. The number of ketones is 1. The number of benzene rings is 3. The van der Waals surface area contributed by atoms with Crippen molar-refractivity contribution >= 4 is 33.9 Å². The van der Waals surface area contributed by atoms with E-state index >= 15 is 0 Å². The number of nitrogens with zero attached hydrogens (tertiary/aromatic N) is 2. The minimum Gasteiger partial charge on any atom is -0.507 e. The highest BCUT2D eigenvalue weighted by atomic mass is 32.1. The molecular weight excluding hydrogens is 479 g/mol. The van der Waals surface area contributed by atoms with Gasteiger partial charge in [-0.15, -0.1) is 11.3 Å². The van der Waals surface area contributed by atoms with E-state index in [0.29, 0.717) is 28.6 Å². The SMILES string of the molecule is Cc1cccc(COc2ccc(C(O)=C3C(=O)C(=O)N(c4nccs4)C3c3ccc(F)cc3)cc2)c1. The van der Waals surface area contributed by atoms with Crippen molar-refractivity contribution in [3.63, 3.8) is 0 Å². The van der Waals surface area contributed by atoms with E-state index in [1.54, 1.807) is 29.6 Å². The summed E-state index contributed by atoms with van der Waals surface area (Å²) in [6.07, 6.45) is 1.52. The van der Waals surface area contributed by atoms with Crippen LogP contribution >= 0.6 is 11.3 Å². The monoisotopic (exact) mass is 500 g/mol. The molecule has 0 aliphatic carbocycles. The van der Waals surface area contributed by atoms with Gasteiger partial charge in [-0.1, -0.05) is 42.0 Å². The maximum absolute atomic E-state index is 13.6. The molecule has 4 aromatic rings. The van der Waals surface area contributed by atoms with Crippen molar-refractivity contribution in [2.24, 2.45) is 0 Å². The number of rotatable bonds is 6. The molecule has 1 amide bonds. The summed E-state index contributed by atoms with van der Waals surface area (Å²) in [5.74, 6) is -1.83. The molecule has 0 radical (unpaired) electrons. The number of anilines is 1. The summed E-state index contributed by atoms with van der Waals surface area (Å²) >= 11 is 1.19. The Morgan fingerprint density at radius 2 is 1.83 bits per heavy atom. The molecule has 6 nitrogen and oxygen atoms in total. The molecule has 1 aliphatic rings. The van der Waals surface area contributed by atoms with Gasteiger partial charge in [0.25, 0.3) is 5.78 Å². The molecule has 0 spiro atoms. The van der Waals surface area contributed by atoms with Crippen LogP contribution in [0.25, 0.3) is 5.76 Å².